The van der Waals surface area contributed by atoms with Crippen LogP contribution in [0.2, 0.25) is 0 Å². The molecule has 0 radical (unpaired) electrons. The third kappa shape index (κ3) is 5.71. The van der Waals surface area contributed by atoms with Crippen molar-refractivity contribution >= 4 is 5.69 Å². The Hall–Kier alpha value is -3.36. The van der Waals surface area contributed by atoms with Crippen molar-refractivity contribution < 1.29 is 0 Å². The maximum Gasteiger partial charge on any atom is 0.0361 e. The van der Waals surface area contributed by atoms with Crippen molar-refractivity contribution in [3.8, 4) is 0 Å². The Morgan fingerprint density at radius 2 is 1.25 bits per heavy atom. The van der Waals surface area contributed by atoms with Crippen LogP contribution in [0, 0.1) is 0 Å². The molecule has 0 N–H and O–H groups in total. The van der Waals surface area contributed by atoms with Gasteiger partial charge in [0, 0.05) is 44.3 Å². The van der Waals surface area contributed by atoms with Gasteiger partial charge in [-0.15, -0.1) is 0 Å². The average Bonchev–Trinajstić information content (AvgIpc) is 2.94. The summed E-state index contributed by atoms with van der Waals surface area (Å²) in [5, 5.41) is 0. The highest BCUT2D eigenvalue weighted by Gasteiger charge is 2.33. The van der Waals surface area contributed by atoms with E-state index < -0.39 is 0 Å². The van der Waals surface area contributed by atoms with Crippen molar-refractivity contribution in [1.29, 1.82) is 0 Å². The molecule has 2 heteroatoms. The van der Waals surface area contributed by atoms with Gasteiger partial charge in [-0.2, -0.15) is 0 Å². The summed E-state index contributed by atoms with van der Waals surface area (Å²) < 4.78 is 0. The van der Waals surface area contributed by atoms with E-state index >= 15 is 0 Å². The van der Waals surface area contributed by atoms with Crippen molar-refractivity contribution in [2.24, 2.45) is 0 Å². The van der Waals surface area contributed by atoms with Crippen LogP contribution >= 0.6 is 0 Å². The van der Waals surface area contributed by atoms with Crippen molar-refractivity contribution in [2.45, 2.75) is 50.2 Å². The molecule has 36 heavy (non-hydrogen) atoms. The molecule has 0 saturated carbocycles. The summed E-state index contributed by atoms with van der Waals surface area (Å²) in [6.45, 7) is 0.980. The molecule has 0 aliphatic carbocycles. The van der Waals surface area contributed by atoms with E-state index in [4.69, 9.17) is 0 Å². The number of likely N-dealkylation sites (tertiary alicyclic amines) is 1. The molecule has 0 bridgehead atoms. The first kappa shape index (κ1) is 24.3. The molecule has 2 unspecified atom stereocenters. The molecule has 1 aliphatic rings. The van der Waals surface area contributed by atoms with Crippen LogP contribution < -0.4 is 4.90 Å². The standard InChI is InChI=1S/C34H38N2/c1-35(2)31-23-21-27(22-24-31)26-36-32(19-12-20-34(36)30-17-10-5-11-18-30)25-33(28-13-6-3-7-14-28)29-15-8-4-9-16-29/h3-11,13-18,21-24,32-34H,12,19-20,25-26H2,1-2H3. The highest BCUT2D eigenvalue weighted by atomic mass is 15.2. The third-order valence-corrected chi connectivity index (χ3v) is 7.80. The van der Waals surface area contributed by atoms with Gasteiger partial charge >= 0.3 is 0 Å². The number of piperidine rings is 1. The number of benzene rings is 4. The first-order chi connectivity index (χ1) is 17.7. The smallest absolute Gasteiger partial charge is 0.0361 e. The molecular formula is C34H38N2. The van der Waals surface area contributed by atoms with Crippen LogP contribution in [0.5, 0.6) is 0 Å². The highest BCUT2D eigenvalue weighted by Crippen LogP contribution is 2.40. The van der Waals surface area contributed by atoms with E-state index in [0.717, 1.165) is 13.0 Å². The van der Waals surface area contributed by atoms with Gasteiger partial charge in [0.15, 0.2) is 0 Å². The molecule has 0 aromatic heterocycles. The number of anilines is 1. The molecule has 0 spiro atoms. The lowest BCUT2D eigenvalue weighted by Gasteiger charge is -2.44. The number of hydrogen-bond acceptors (Lipinski definition) is 2. The van der Waals surface area contributed by atoms with E-state index in [1.165, 1.54) is 47.2 Å². The molecule has 2 nitrogen and oxygen atoms in total. The van der Waals surface area contributed by atoms with Crippen LogP contribution in [0.3, 0.4) is 0 Å². The van der Waals surface area contributed by atoms with Gasteiger partial charge in [0.05, 0.1) is 0 Å². The Kier molecular flexibility index (Phi) is 7.83. The van der Waals surface area contributed by atoms with Gasteiger partial charge in [-0.25, -0.2) is 0 Å². The fraction of sp³-hybridized carbons (Fsp3) is 0.294. The molecule has 2 atom stereocenters. The number of nitrogens with zero attached hydrogens (tertiary/aromatic N) is 2. The van der Waals surface area contributed by atoms with Crippen molar-refractivity contribution in [3.63, 3.8) is 0 Å². The SMILES string of the molecule is CN(C)c1ccc(CN2C(CC(c3ccccc3)c3ccccc3)CCCC2c2ccccc2)cc1. The maximum absolute atomic E-state index is 2.81. The first-order valence-electron chi connectivity index (χ1n) is 13.4. The molecule has 1 fully saturated rings. The lowest BCUT2D eigenvalue weighted by Crippen LogP contribution is -2.42. The Morgan fingerprint density at radius 3 is 1.81 bits per heavy atom. The summed E-state index contributed by atoms with van der Waals surface area (Å²) in [5.74, 6) is 0.394. The summed E-state index contributed by atoms with van der Waals surface area (Å²) in [6.07, 6.45) is 4.87. The van der Waals surface area contributed by atoms with Gasteiger partial charge in [-0.05, 0) is 60.1 Å². The van der Waals surface area contributed by atoms with Gasteiger partial charge in [0.2, 0.25) is 0 Å². The second-order valence-electron chi connectivity index (χ2n) is 10.4. The molecule has 184 valence electrons. The topological polar surface area (TPSA) is 6.48 Å². The summed E-state index contributed by atoms with van der Waals surface area (Å²) in [4.78, 5) is 4.98. The van der Waals surface area contributed by atoms with Crippen LogP contribution in [0.4, 0.5) is 5.69 Å². The molecule has 1 heterocycles. The zero-order valence-corrected chi connectivity index (χ0v) is 21.6. The summed E-state index contributed by atoms with van der Waals surface area (Å²) in [7, 11) is 4.21. The normalized spacial score (nSPS) is 18.3. The zero-order valence-electron chi connectivity index (χ0n) is 21.6. The molecule has 5 rings (SSSR count). The predicted molar refractivity (Wildman–Crippen MR) is 152 cm³/mol. The van der Waals surface area contributed by atoms with Crippen molar-refractivity contribution in [1.82, 2.24) is 4.90 Å². The summed E-state index contributed by atoms with van der Waals surface area (Å²) in [5.41, 5.74) is 6.93. The minimum atomic E-state index is 0.394. The lowest BCUT2D eigenvalue weighted by molar-refractivity contribution is 0.0662. The second-order valence-corrected chi connectivity index (χ2v) is 10.4. The van der Waals surface area contributed by atoms with Crippen LogP contribution in [-0.2, 0) is 6.54 Å². The van der Waals surface area contributed by atoms with Crippen LogP contribution in [0.15, 0.2) is 115 Å². The molecule has 0 amide bonds. The Labute approximate surface area is 217 Å². The Balaban J connectivity index is 1.48. The summed E-state index contributed by atoms with van der Waals surface area (Å²) >= 11 is 0. The zero-order chi connectivity index (χ0) is 24.7. The first-order valence-corrected chi connectivity index (χ1v) is 13.4. The molecule has 4 aromatic carbocycles. The monoisotopic (exact) mass is 474 g/mol. The molecule has 4 aromatic rings. The minimum absolute atomic E-state index is 0.394. The Bertz CT molecular complexity index is 1150. The van der Waals surface area contributed by atoms with E-state index in [1.807, 2.05) is 0 Å². The Morgan fingerprint density at radius 1 is 0.694 bits per heavy atom. The fourth-order valence-electron chi connectivity index (χ4n) is 5.88. The lowest BCUT2D eigenvalue weighted by atomic mass is 9.81. The maximum atomic E-state index is 2.81. The van der Waals surface area contributed by atoms with Gasteiger partial charge in [-0.3, -0.25) is 4.90 Å². The fourth-order valence-corrected chi connectivity index (χ4v) is 5.88. The molecular weight excluding hydrogens is 436 g/mol. The molecule has 1 aliphatic heterocycles. The quantitative estimate of drug-likeness (QED) is 0.255. The van der Waals surface area contributed by atoms with E-state index in [9.17, 15) is 0 Å². The van der Waals surface area contributed by atoms with E-state index in [0.29, 0.717) is 18.0 Å². The second kappa shape index (κ2) is 11.6. The minimum Gasteiger partial charge on any atom is -0.378 e. The van der Waals surface area contributed by atoms with Gasteiger partial charge < -0.3 is 4.90 Å². The average molecular weight is 475 g/mol. The molecule has 1 saturated heterocycles. The van der Waals surface area contributed by atoms with Crippen LogP contribution in [0.25, 0.3) is 0 Å². The van der Waals surface area contributed by atoms with E-state index in [1.54, 1.807) is 0 Å². The van der Waals surface area contributed by atoms with Gasteiger partial charge in [0.25, 0.3) is 0 Å². The largest absolute Gasteiger partial charge is 0.378 e. The van der Waals surface area contributed by atoms with Crippen molar-refractivity contribution in [2.75, 3.05) is 19.0 Å². The van der Waals surface area contributed by atoms with Crippen molar-refractivity contribution in [3.05, 3.63) is 138 Å². The van der Waals surface area contributed by atoms with Gasteiger partial charge in [-0.1, -0.05) is 103 Å². The third-order valence-electron chi connectivity index (χ3n) is 7.80. The van der Waals surface area contributed by atoms with Gasteiger partial charge in [0.1, 0.15) is 0 Å². The van der Waals surface area contributed by atoms with Crippen LogP contribution in [-0.4, -0.2) is 25.0 Å². The van der Waals surface area contributed by atoms with E-state index in [-0.39, 0.29) is 0 Å². The predicted octanol–water partition coefficient (Wildman–Crippen LogP) is 8.07. The van der Waals surface area contributed by atoms with Crippen LogP contribution in [0.1, 0.15) is 59.9 Å². The highest BCUT2D eigenvalue weighted by molar-refractivity contribution is 5.46. The number of hydrogen-bond donors (Lipinski definition) is 0. The van der Waals surface area contributed by atoms with E-state index in [2.05, 4.69) is 139 Å². The summed E-state index contributed by atoms with van der Waals surface area (Å²) in [6, 6.07) is 43.5. The number of rotatable bonds is 8.